The first-order valence-corrected chi connectivity index (χ1v) is 10.1. The molecule has 1 atom stereocenters. The van der Waals surface area contributed by atoms with Gasteiger partial charge in [0.25, 0.3) is 0 Å². The summed E-state index contributed by atoms with van der Waals surface area (Å²) in [4.78, 5) is 0. The number of anilines is 1. The molecule has 0 amide bonds. The molecule has 3 aromatic carbocycles. The summed E-state index contributed by atoms with van der Waals surface area (Å²) in [7, 11) is 0. The Hall–Kier alpha value is -2.74. The van der Waals surface area contributed by atoms with Crippen LogP contribution in [0.3, 0.4) is 0 Å². The summed E-state index contributed by atoms with van der Waals surface area (Å²) in [6.07, 6.45) is 0. The molecule has 0 fully saturated rings. The number of aromatic nitrogens is 4. The second kappa shape index (κ2) is 8.10. The fraction of sp³-hybridized carbons (Fsp3) is 0.136. The smallest absolute Gasteiger partial charge is 0.183 e. The Morgan fingerprint density at radius 3 is 2.21 bits per heavy atom. The van der Waals surface area contributed by atoms with Crippen molar-refractivity contribution in [2.75, 3.05) is 5.32 Å². The highest BCUT2D eigenvalue weighted by Gasteiger charge is 2.23. The van der Waals surface area contributed by atoms with E-state index in [2.05, 4.69) is 112 Å². The minimum atomic E-state index is -0.185. The van der Waals surface area contributed by atoms with Crippen molar-refractivity contribution < 1.29 is 0 Å². The standard InChI is InChI=1S/C22H20IN5/c1-15-7-6-8-16(2)21(15)28-22(25-26-27-28)20(17-9-4-3-5-10-17)24-19-13-11-18(23)12-14-19/h3-14,20,24H,1-2H3/t20-/m0/s1. The fourth-order valence-corrected chi connectivity index (χ4v) is 3.69. The van der Waals surface area contributed by atoms with Crippen molar-refractivity contribution in [3.05, 3.63) is 98.9 Å². The first-order chi connectivity index (χ1) is 13.6. The lowest BCUT2D eigenvalue weighted by atomic mass is 10.0. The van der Waals surface area contributed by atoms with E-state index in [1.165, 1.54) is 3.57 Å². The van der Waals surface area contributed by atoms with E-state index in [4.69, 9.17) is 0 Å². The Balaban J connectivity index is 1.82. The maximum absolute atomic E-state index is 4.40. The van der Waals surface area contributed by atoms with Crippen LogP contribution < -0.4 is 5.32 Å². The van der Waals surface area contributed by atoms with Gasteiger partial charge in [0.1, 0.15) is 6.04 Å². The summed E-state index contributed by atoms with van der Waals surface area (Å²) < 4.78 is 3.04. The van der Waals surface area contributed by atoms with Gasteiger partial charge < -0.3 is 5.32 Å². The lowest BCUT2D eigenvalue weighted by Crippen LogP contribution is -2.19. The second-order valence-electron chi connectivity index (χ2n) is 6.68. The molecule has 140 valence electrons. The summed E-state index contributed by atoms with van der Waals surface area (Å²) in [6.45, 7) is 4.16. The Morgan fingerprint density at radius 2 is 1.54 bits per heavy atom. The van der Waals surface area contributed by atoms with Crippen LogP contribution in [-0.4, -0.2) is 20.2 Å². The van der Waals surface area contributed by atoms with E-state index in [0.29, 0.717) is 0 Å². The molecule has 6 heteroatoms. The SMILES string of the molecule is Cc1cccc(C)c1-n1nnnc1[C@@H](Nc1ccc(I)cc1)c1ccccc1. The molecule has 4 rings (SSSR count). The highest BCUT2D eigenvalue weighted by molar-refractivity contribution is 14.1. The molecule has 0 bridgehead atoms. The van der Waals surface area contributed by atoms with Crippen molar-refractivity contribution in [2.45, 2.75) is 19.9 Å². The van der Waals surface area contributed by atoms with Gasteiger partial charge in [-0.05, 0) is 87.8 Å². The third-order valence-corrected chi connectivity index (χ3v) is 5.41. The fourth-order valence-electron chi connectivity index (χ4n) is 3.33. The molecule has 0 aliphatic carbocycles. The predicted octanol–water partition coefficient (Wildman–Crippen LogP) is 5.09. The van der Waals surface area contributed by atoms with Gasteiger partial charge in [-0.1, -0.05) is 48.5 Å². The number of aryl methyl sites for hydroxylation is 2. The third kappa shape index (κ3) is 3.77. The van der Waals surface area contributed by atoms with E-state index >= 15 is 0 Å². The zero-order chi connectivity index (χ0) is 19.5. The topological polar surface area (TPSA) is 55.6 Å². The van der Waals surface area contributed by atoms with Crippen LogP contribution in [0, 0.1) is 17.4 Å². The minimum Gasteiger partial charge on any atom is -0.371 e. The summed E-state index contributed by atoms with van der Waals surface area (Å²) >= 11 is 2.31. The van der Waals surface area contributed by atoms with Crippen LogP contribution in [0.15, 0.2) is 72.8 Å². The van der Waals surface area contributed by atoms with Crippen LogP contribution >= 0.6 is 22.6 Å². The zero-order valence-corrected chi connectivity index (χ0v) is 17.8. The monoisotopic (exact) mass is 481 g/mol. The molecule has 28 heavy (non-hydrogen) atoms. The summed E-state index contributed by atoms with van der Waals surface area (Å²) in [5.41, 5.74) is 5.41. The van der Waals surface area contributed by atoms with Crippen molar-refractivity contribution in [3.8, 4) is 5.69 Å². The molecule has 0 spiro atoms. The predicted molar refractivity (Wildman–Crippen MR) is 120 cm³/mol. The first-order valence-electron chi connectivity index (χ1n) is 9.05. The number of halogens is 1. The number of hydrogen-bond donors (Lipinski definition) is 1. The van der Waals surface area contributed by atoms with E-state index in [9.17, 15) is 0 Å². The number of nitrogens with zero attached hydrogens (tertiary/aromatic N) is 4. The van der Waals surface area contributed by atoms with Crippen molar-refractivity contribution >= 4 is 28.3 Å². The van der Waals surface area contributed by atoms with Crippen LogP contribution in [0.25, 0.3) is 5.69 Å². The lowest BCUT2D eigenvalue weighted by Gasteiger charge is -2.21. The molecule has 5 nitrogen and oxygen atoms in total. The largest absolute Gasteiger partial charge is 0.371 e. The zero-order valence-electron chi connectivity index (χ0n) is 15.7. The number of rotatable bonds is 5. The van der Waals surface area contributed by atoms with Gasteiger partial charge in [-0.25, -0.2) is 0 Å². The van der Waals surface area contributed by atoms with Crippen molar-refractivity contribution in [2.24, 2.45) is 0 Å². The van der Waals surface area contributed by atoms with Crippen LogP contribution in [-0.2, 0) is 0 Å². The van der Waals surface area contributed by atoms with E-state index in [0.717, 1.165) is 33.9 Å². The van der Waals surface area contributed by atoms with Crippen molar-refractivity contribution in [3.63, 3.8) is 0 Å². The summed E-state index contributed by atoms with van der Waals surface area (Å²) in [6, 6.07) is 24.6. The maximum atomic E-state index is 4.40. The maximum Gasteiger partial charge on any atom is 0.183 e. The quantitative estimate of drug-likeness (QED) is 0.404. The highest BCUT2D eigenvalue weighted by Crippen LogP contribution is 2.28. The molecule has 4 aromatic rings. The van der Waals surface area contributed by atoms with E-state index < -0.39 is 0 Å². The Labute approximate surface area is 177 Å². The van der Waals surface area contributed by atoms with Gasteiger partial charge in [0.05, 0.1) is 5.69 Å². The molecule has 0 aliphatic rings. The normalized spacial score (nSPS) is 12.0. The summed E-state index contributed by atoms with van der Waals surface area (Å²) in [5, 5.41) is 16.3. The van der Waals surface area contributed by atoms with Gasteiger partial charge >= 0.3 is 0 Å². The summed E-state index contributed by atoms with van der Waals surface area (Å²) in [5.74, 6) is 0.752. The van der Waals surface area contributed by atoms with E-state index in [1.54, 1.807) is 0 Å². The molecule has 0 saturated heterocycles. The second-order valence-corrected chi connectivity index (χ2v) is 7.93. The lowest BCUT2D eigenvalue weighted by molar-refractivity contribution is 0.731. The molecule has 0 aliphatic heterocycles. The average Bonchev–Trinajstić information content (AvgIpc) is 3.17. The number of nitrogens with one attached hydrogen (secondary N) is 1. The third-order valence-electron chi connectivity index (χ3n) is 4.69. The van der Waals surface area contributed by atoms with E-state index in [1.807, 2.05) is 22.9 Å². The Kier molecular flexibility index (Phi) is 5.38. The number of hydrogen-bond acceptors (Lipinski definition) is 4. The molecule has 0 radical (unpaired) electrons. The van der Waals surface area contributed by atoms with Gasteiger partial charge in [-0.3, -0.25) is 0 Å². The molecular weight excluding hydrogens is 461 g/mol. The molecular formula is C22H20IN5. The molecule has 0 saturated carbocycles. The van der Waals surface area contributed by atoms with Crippen LogP contribution in [0.4, 0.5) is 5.69 Å². The molecule has 0 unspecified atom stereocenters. The van der Waals surface area contributed by atoms with Crippen LogP contribution in [0.5, 0.6) is 0 Å². The van der Waals surface area contributed by atoms with Crippen molar-refractivity contribution in [1.29, 1.82) is 0 Å². The molecule has 1 N–H and O–H groups in total. The number of benzene rings is 3. The van der Waals surface area contributed by atoms with Gasteiger partial charge in [0.2, 0.25) is 0 Å². The van der Waals surface area contributed by atoms with Gasteiger partial charge in [0.15, 0.2) is 5.82 Å². The van der Waals surface area contributed by atoms with Crippen LogP contribution in [0.1, 0.15) is 28.6 Å². The van der Waals surface area contributed by atoms with Crippen LogP contribution in [0.2, 0.25) is 0 Å². The van der Waals surface area contributed by atoms with Gasteiger partial charge in [-0.2, -0.15) is 4.68 Å². The van der Waals surface area contributed by atoms with Gasteiger partial charge in [0, 0.05) is 9.26 Å². The van der Waals surface area contributed by atoms with E-state index in [-0.39, 0.29) is 6.04 Å². The average molecular weight is 481 g/mol. The van der Waals surface area contributed by atoms with Crippen molar-refractivity contribution in [1.82, 2.24) is 20.2 Å². The Bertz CT molecular complexity index is 1050. The minimum absolute atomic E-state index is 0.185. The Morgan fingerprint density at radius 1 is 0.857 bits per heavy atom. The molecule has 1 aromatic heterocycles. The van der Waals surface area contributed by atoms with Gasteiger partial charge in [-0.15, -0.1) is 5.10 Å². The molecule has 1 heterocycles. The number of para-hydroxylation sites is 1. The first kappa shape index (κ1) is 18.6. The highest BCUT2D eigenvalue weighted by atomic mass is 127. The number of tetrazole rings is 1.